The van der Waals surface area contributed by atoms with Gasteiger partial charge in [0.05, 0.1) is 6.42 Å². The number of hydrogen-bond donors (Lipinski definition) is 2. The number of aliphatic carboxylic acids is 1. The Labute approximate surface area is 125 Å². The molecular weight excluding hydrogens is 329 g/mol. The van der Waals surface area contributed by atoms with E-state index in [0.717, 1.165) is 0 Å². The Kier molecular flexibility index (Phi) is 6.13. The van der Waals surface area contributed by atoms with Crippen LogP contribution in [0.4, 0.5) is 4.39 Å². The largest absolute Gasteiger partial charge is 0.480 e. The van der Waals surface area contributed by atoms with Gasteiger partial charge < -0.3 is 10.4 Å². The van der Waals surface area contributed by atoms with Gasteiger partial charge in [-0.05, 0) is 36.1 Å². The minimum absolute atomic E-state index is 0.0692. The molecule has 0 aliphatic carbocycles. The summed E-state index contributed by atoms with van der Waals surface area (Å²) < 4.78 is 13.7. The van der Waals surface area contributed by atoms with Crippen LogP contribution in [0.15, 0.2) is 22.7 Å². The quantitative estimate of drug-likeness (QED) is 0.832. The van der Waals surface area contributed by atoms with Gasteiger partial charge in [-0.25, -0.2) is 9.18 Å². The fraction of sp³-hybridized carbons (Fsp3) is 0.429. The van der Waals surface area contributed by atoms with E-state index in [2.05, 4.69) is 21.2 Å². The lowest BCUT2D eigenvalue weighted by atomic mass is 10.0. The van der Waals surface area contributed by atoms with E-state index < -0.39 is 23.7 Å². The van der Waals surface area contributed by atoms with Crippen LogP contribution in [-0.2, 0) is 16.0 Å². The van der Waals surface area contributed by atoms with Gasteiger partial charge in [0.25, 0.3) is 0 Å². The van der Waals surface area contributed by atoms with Gasteiger partial charge in [-0.2, -0.15) is 0 Å². The normalized spacial score (nSPS) is 12.2. The highest BCUT2D eigenvalue weighted by atomic mass is 79.9. The van der Waals surface area contributed by atoms with Crippen LogP contribution >= 0.6 is 15.9 Å². The Morgan fingerprint density at radius 1 is 1.40 bits per heavy atom. The van der Waals surface area contributed by atoms with Crippen LogP contribution in [0.5, 0.6) is 0 Å². The number of rotatable bonds is 6. The van der Waals surface area contributed by atoms with Crippen molar-refractivity contribution in [3.05, 3.63) is 34.1 Å². The van der Waals surface area contributed by atoms with Crippen LogP contribution in [-0.4, -0.2) is 23.0 Å². The van der Waals surface area contributed by atoms with Gasteiger partial charge in [-0.3, -0.25) is 4.79 Å². The van der Waals surface area contributed by atoms with E-state index in [0.29, 0.717) is 16.5 Å². The second kappa shape index (κ2) is 7.38. The molecule has 0 radical (unpaired) electrons. The molecule has 0 bridgehead atoms. The molecule has 1 amide bonds. The van der Waals surface area contributed by atoms with Crippen LogP contribution in [0.1, 0.15) is 25.8 Å². The molecule has 0 heterocycles. The monoisotopic (exact) mass is 345 g/mol. The topological polar surface area (TPSA) is 66.4 Å². The standard InChI is InChI=1S/C14H17BrFNO3/c1-8(2)5-12(14(19)20)17-13(18)7-9-6-10(16)3-4-11(9)15/h3-4,6,8,12H,5,7H2,1-2H3,(H,17,18)(H,19,20)/t12-/m1/s1. The third kappa shape index (κ3) is 5.28. The van der Waals surface area contributed by atoms with Gasteiger partial charge in [0.2, 0.25) is 5.91 Å². The van der Waals surface area contributed by atoms with Gasteiger partial charge in [0, 0.05) is 4.47 Å². The van der Waals surface area contributed by atoms with Gasteiger partial charge in [-0.1, -0.05) is 29.8 Å². The molecule has 0 spiro atoms. The lowest BCUT2D eigenvalue weighted by Gasteiger charge is -2.16. The molecule has 2 N–H and O–H groups in total. The van der Waals surface area contributed by atoms with Crippen LogP contribution in [0.2, 0.25) is 0 Å². The van der Waals surface area contributed by atoms with Crippen LogP contribution in [0.3, 0.4) is 0 Å². The minimum Gasteiger partial charge on any atom is -0.480 e. The third-order valence-corrected chi connectivity index (χ3v) is 3.47. The Bertz CT molecular complexity index is 505. The maximum Gasteiger partial charge on any atom is 0.326 e. The molecule has 0 saturated heterocycles. The predicted octanol–water partition coefficient (Wildman–Crippen LogP) is 2.75. The number of carbonyl (C=O) groups excluding carboxylic acids is 1. The number of halogens is 2. The smallest absolute Gasteiger partial charge is 0.326 e. The highest BCUT2D eigenvalue weighted by Gasteiger charge is 2.21. The van der Waals surface area contributed by atoms with Gasteiger partial charge in [0.15, 0.2) is 0 Å². The van der Waals surface area contributed by atoms with Gasteiger partial charge in [-0.15, -0.1) is 0 Å². The highest BCUT2D eigenvalue weighted by Crippen LogP contribution is 2.18. The Hall–Kier alpha value is -1.43. The number of amides is 1. The average molecular weight is 346 g/mol. The van der Waals surface area contributed by atoms with Crippen molar-refractivity contribution in [1.82, 2.24) is 5.32 Å². The molecule has 1 rings (SSSR count). The first-order chi connectivity index (χ1) is 9.29. The van der Waals surface area contributed by atoms with Gasteiger partial charge in [0.1, 0.15) is 11.9 Å². The fourth-order valence-electron chi connectivity index (χ4n) is 1.79. The zero-order chi connectivity index (χ0) is 15.3. The molecule has 6 heteroatoms. The van der Waals surface area contributed by atoms with Crippen molar-refractivity contribution in [2.45, 2.75) is 32.7 Å². The first-order valence-electron chi connectivity index (χ1n) is 6.25. The van der Waals surface area contributed by atoms with Crippen molar-refractivity contribution in [1.29, 1.82) is 0 Å². The summed E-state index contributed by atoms with van der Waals surface area (Å²) in [7, 11) is 0. The van der Waals surface area contributed by atoms with E-state index in [9.17, 15) is 14.0 Å². The van der Waals surface area contributed by atoms with E-state index in [1.807, 2.05) is 13.8 Å². The Morgan fingerprint density at radius 3 is 2.60 bits per heavy atom. The summed E-state index contributed by atoms with van der Waals surface area (Å²) in [5, 5.41) is 11.5. The Balaban J connectivity index is 2.70. The van der Waals surface area contributed by atoms with E-state index in [-0.39, 0.29) is 12.3 Å². The van der Waals surface area contributed by atoms with Crippen LogP contribution in [0, 0.1) is 11.7 Å². The lowest BCUT2D eigenvalue weighted by Crippen LogP contribution is -2.42. The average Bonchev–Trinajstić information content (AvgIpc) is 2.32. The van der Waals surface area contributed by atoms with Crippen molar-refractivity contribution < 1.29 is 19.1 Å². The summed E-state index contributed by atoms with van der Waals surface area (Å²) >= 11 is 3.23. The second-order valence-corrected chi connectivity index (χ2v) is 5.85. The molecule has 0 aliphatic rings. The van der Waals surface area contributed by atoms with E-state index in [1.54, 1.807) is 0 Å². The molecule has 1 aromatic rings. The molecule has 0 fully saturated rings. The molecule has 0 unspecified atom stereocenters. The maximum atomic E-state index is 13.1. The summed E-state index contributed by atoms with van der Waals surface area (Å²) in [5.41, 5.74) is 0.483. The number of carbonyl (C=O) groups is 2. The molecule has 1 atom stereocenters. The maximum absolute atomic E-state index is 13.1. The number of carboxylic acid groups (broad SMARTS) is 1. The van der Waals surface area contributed by atoms with Crippen molar-refractivity contribution in [2.75, 3.05) is 0 Å². The number of benzene rings is 1. The van der Waals surface area contributed by atoms with Crippen molar-refractivity contribution in [3.8, 4) is 0 Å². The molecule has 0 saturated carbocycles. The van der Waals surface area contributed by atoms with Crippen molar-refractivity contribution in [3.63, 3.8) is 0 Å². The number of hydrogen-bond acceptors (Lipinski definition) is 2. The molecule has 110 valence electrons. The van der Waals surface area contributed by atoms with Crippen LogP contribution < -0.4 is 5.32 Å². The van der Waals surface area contributed by atoms with Crippen molar-refractivity contribution in [2.24, 2.45) is 5.92 Å². The number of nitrogens with one attached hydrogen (secondary N) is 1. The van der Waals surface area contributed by atoms with E-state index >= 15 is 0 Å². The highest BCUT2D eigenvalue weighted by molar-refractivity contribution is 9.10. The van der Waals surface area contributed by atoms with E-state index in [1.165, 1.54) is 18.2 Å². The summed E-state index contributed by atoms with van der Waals surface area (Å²) in [6.45, 7) is 3.76. The molecule has 20 heavy (non-hydrogen) atoms. The first kappa shape index (κ1) is 16.6. The fourth-order valence-corrected chi connectivity index (χ4v) is 2.18. The molecule has 1 aromatic carbocycles. The van der Waals surface area contributed by atoms with Crippen LogP contribution in [0.25, 0.3) is 0 Å². The molecular formula is C14H17BrFNO3. The molecule has 0 aliphatic heterocycles. The third-order valence-electron chi connectivity index (χ3n) is 2.70. The summed E-state index contributed by atoms with van der Waals surface area (Å²) in [4.78, 5) is 22.9. The molecule has 4 nitrogen and oxygen atoms in total. The zero-order valence-electron chi connectivity index (χ0n) is 11.3. The summed E-state index contributed by atoms with van der Waals surface area (Å²) in [6.07, 6.45) is 0.283. The Morgan fingerprint density at radius 2 is 2.05 bits per heavy atom. The lowest BCUT2D eigenvalue weighted by molar-refractivity contribution is -0.142. The SMILES string of the molecule is CC(C)C[C@@H](NC(=O)Cc1cc(F)ccc1Br)C(=O)O. The van der Waals surface area contributed by atoms with Gasteiger partial charge >= 0.3 is 5.97 Å². The first-order valence-corrected chi connectivity index (χ1v) is 7.05. The minimum atomic E-state index is -1.06. The zero-order valence-corrected chi connectivity index (χ0v) is 12.9. The predicted molar refractivity (Wildman–Crippen MR) is 76.8 cm³/mol. The summed E-state index contributed by atoms with van der Waals surface area (Å²) in [6, 6.07) is 3.13. The summed E-state index contributed by atoms with van der Waals surface area (Å²) in [5.74, 6) is -1.79. The number of carboxylic acids is 1. The van der Waals surface area contributed by atoms with E-state index in [4.69, 9.17) is 5.11 Å². The second-order valence-electron chi connectivity index (χ2n) is 5.00. The van der Waals surface area contributed by atoms with Crippen molar-refractivity contribution >= 4 is 27.8 Å². The molecule has 0 aromatic heterocycles.